The van der Waals surface area contributed by atoms with Gasteiger partial charge in [-0.25, -0.2) is 18.0 Å². The summed E-state index contributed by atoms with van der Waals surface area (Å²) in [6, 6.07) is 12.5. The summed E-state index contributed by atoms with van der Waals surface area (Å²) < 4.78 is 48.3. The molecule has 3 aromatic rings. The summed E-state index contributed by atoms with van der Waals surface area (Å²) in [6.45, 7) is 9.90. The van der Waals surface area contributed by atoms with Crippen LogP contribution in [0.4, 0.5) is 9.59 Å². The van der Waals surface area contributed by atoms with Crippen molar-refractivity contribution in [3.63, 3.8) is 0 Å². The Morgan fingerprint density at radius 3 is 1.97 bits per heavy atom. The van der Waals surface area contributed by atoms with Crippen molar-refractivity contribution >= 4 is 22.1 Å². The summed E-state index contributed by atoms with van der Waals surface area (Å²) >= 11 is 0. The maximum atomic E-state index is 13.2. The summed E-state index contributed by atoms with van der Waals surface area (Å²) in [4.78, 5) is 24.5. The van der Waals surface area contributed by atoms with Crippen molar-refractivity contribution in [2.45, 2.75) is 63.7 Å². The average Bonchev–Trinajstić information content (AvgIpc) is 3.24. The number of carbonyl (C=O) groups is 2. The van der Waals surface area contributed by atoms with Gasteiger partial charge in [0.25, 0.3) is 5.16 Å². The Labute approximate surface area is 214 Å². The standard InChI is InChI=1S/C24H28N4O8S/c1-23(2,3)35-21(29)33-18-13-12-16(14-19(18)34-22(30)36-24(4,5)6)15-37(31,32)20-25-26-27-28(20)17-10-8-7-9-11-17/h7-14H,15H2,1-6H3. The van der Waals surface area contributed by atoms with E-state index < -0.39 is 39.1 Å². The Morgan fingerprint density at radius 2 is 1.41 bits per heavy atom. The van der Waals surface area contributed by atoms with Crippen molar-refractivity contribution in [1.29, 1.82) is 0 Å². The Morgan fingerprint density at radius 1 is 0.838 bits per heavy atom. The van der Waals surface area contributed by atoms with Gasteiger partial charge in [0.15, 0.2) is 11.5 Å². The van der Waals surface area contributed by atoms with E-state index in [0.717, 1.165) is 4.68 Å². The van der Waals surface area contributed by atoms with E-state index in [-0.39, 0.29) is 22.2 Å². The number of aromatic nitrogens is 4. The number of benzene rings is 2. The van der Waals surface area contributed by atoms with Gasteiger partial charge in [0.05, 0.1) is 11.4 Å². The van der Waals surface area contributed by atoms with Gasteiger partial charge in [-0.15, -0.1) is 0 Å². The SMILES string of the molecule is CC(C)(C)OC(=O)Oc1ccc(CS(=O)(=O)c2nnnn2-c2ccccc2)cc1OC(=O)OC(C)(C)C. The second-order valence-corrected chi connectivity index (χ2v) is 11.8. The van der Waals surface area contributed by atoms with Gasteiger partial charge in [0.1, 0.15) is 11.2 Å². The van der Waals surface area contributed by atoms with Crippen LogP contribution in [0.25, 0.3) is 5.69 Å². The molecular formula is C24H28N4O8S. The molecule has 0 radical (unpaired) electrons. The number of tetrazole rings is 1. The van der Waals surface area contributed by atoms with E-state index in [0.29, 0.717) is 5.69 Å². The predicted octanol–water partition coefficient (Wildman–Crippen LogP) is 4.26. The molecule has 0 aliphatic carbocycles. The molecule has 1 aromatic heterocycles. The first-order valence-electron chi connectivity index (χ1n) is 11.1. The van der Waals surface area contributed by atoms with Gasteiger partial charge in [-0.2, -0.15) is 4.68 Å². The fourth-order valence-corrected chi connectivity index (χ4v) is 4.23. The molecule has 0 amide bonds. The number of hydrogen-bond donors (Lipinski definition) is 0. The van der Waals surface area contributed by atoms with Crippen molar-refractivity contribution in [1.82, 2.24) is 20.2 Å². The van der Waals surface area contributed by atoms with Gasteiger partial charge >= 0.3 is 12.3 Å². The zero-order chi connectivity index (χ0) is 27.4. The van der Waals surface area contributed by atoms with E-state index in [4.69, 9.17) is 18.9 Å². The van der Waals surface area contributed by atoms with Crippen LogP contribution in [0.15, 0.2) is 53.7 Å². The maximum Gasteiger partial charge on any atom is 0.514 e. The third-order valence-corrected chi connectivity index (χ3v) is 5.77. The summed E-state index contributed by atoms with van der Waals surface area (Å²) in [7, 11) is -4.06. The van der Waals surface area contributed by atoms with Crippen molar-refractivity contribution < 1.29 is 37.0 Å². The third-order valence-electron chi connectivity index (χ3n) is 4.25. The first-order chi connectivity index (χ1) is 17.1. The van der Waals surface area contributed by atoms with E-state index in [2.05, 4.69) is 15.5 Å². The highest BCUT2D eigenvalue weighted by Crippen LogP contribution is 2.31. The quantitative estimate of drug-likeness (QED) is 0.331. The van der Waals surface area contributed by atoms with Crippen LogP contribution in [0.2, 0.25) is 0 Å². The molecule has 0 fully saturated rings. The van der Waals surface area contributed by atoms with Gasteiger partial charge in [-0.1, -0.05) is 29.4 Å². The number of nitrogens with zero attached hydrogens (tertiary/aromatic N) is 4. The summed E-state index contributed by atoms with van der Waals surface area (Å²) in [5.41, 5.74) is -1.03. The molecule has 13 heteroatoms. The average molecular weight is 533 g/mol. The smallest absolute Gasteiger partial charge is 0.428 e. The van der Waals surface area contributed by atoms with Crippen LogP contribution in [-0.2, 0) is 25.1 Å². The minimum Gasteiger partial charge on any atom is -0.428 e. The molecule has 2 aromatic carbocycles. The Kier molecular flexibility index (Phi) is 7.86. The maximum absolute atomic E-state index is 13.2. The molecule has 0 bridgehead atoms. The first kappa shape index (κ1) is 27.6. The fourth-order valence-electron chi connectivity index (χ4n) is 2.92. The minimum absolute atomic E-state index is 0.171. The molecule has 0 aliphatic heterocycles. The highest BCUT2D eigenvalue weighted by molar-refractivity contribution is 7.90. The van der Waals surface area contributed by atoms with Gasteiger partial charge < -0.3 is 18.9 Å². The lowest BCUT2D eigenvalue weighted by molar-refractivity contribution is 0.0137. The van der Waals surface area contributed by atoms with Crippen molar-refractivity contribution in [3.8, 4) is 17.2 Å². The molecule has 3 rings (SSSR count). The molecule has 0 atom stereocenters. The molecule has 1 heterocycles. The predicted molar refractivity (Wildman–Crippen MR) is 130 cm³/mol. The first-order valence-corrected chi connectivity index (χ1v) is 12.8. The highest BCUT2D eigenvalue weighted by atomic mass is 32.2. The lowest BCUT2D eigenvalue weighted by atomic mass is 10.2. The van der Waals surface area contributed by atoms with Crippen molar-refractivity contribution in [2.24, 2.45) is 0 Å². The molecular weight excluding hydrogens is 504 g/mol. The molecule has 0 unspecified atom stereocenters. The molecule has 37 heavy (non-hydrogen) atoms. The highest BCUT2D eigenvalue weighted by Gasteiger charge is 2.27. The lowest BCUT2D eigenvalue weighted by Crippen LogP contribution is -2.27. The second-order valence-electron chi connectivity index (χ2n) is 9.88. The largest absolute Gasteiger partial charge is 0.514 e. The van der Waals surface area contributed by atoms with E-state index in [1.807, 2.05) is 0 Å². The molecule has 198 valence electrons. The Bertz CT molecular complexity index is 1370. The van der Waals surface area contributed by atoms with Gasteiger partial charge in [-0.05, 0) is 81.8 Å². The van der Waals surface area contributed by atoms with E-state index >= 15 is 0 Å². The zero-order valence-electron chi connectivity index (χ0n) is 21.3. The summed E-state index contributed by atoms with van der Waals surface area (Å²) in [6.07, 6.45) is -2.11. The van der Waals surface area contributed by atoms with Crippen LogP contribution >= 0.6 is 0 Å². The number of rotatable bonds is 6. The molecule has 0 spiro atoms. The van der Waals surface area contributed by atoms with Gasteiger partial charge in [-0.3, -0.25) is 0 Å². The zero-order valence-corrected chi connectivity index (χ0v) is 22.1. The third kappa shape index (κ3) is 8.00. The van der Waals surface area contributed by atoms with E-state index in [9.17, 15) is 18.0 Å². The Hall–Kier alpha value is -4.00. The van der Waals surface area contributed by atoms with E-state index in [1.165, 1.54) is 18.2 Å². The summed E-state index contributed by atoms with van der Waals surface area (Å²) in [5.74, 6) is -0.955. The summed E-state index contributed by atoms with van der Waals surface area (Å²) in [5, 5.41) is 10.6. The van der Waals surface area contributed by atoms with Crippen LogP contribution in [0.3, 0.4) is 0 Å². The monoisotopic (exact) mass is 532 g/mol. The molecule has 0 saturated heterocycles. The normalized spacial score (nSPS) is 12.1. The van der Waals surface area contributed by atoms with Gasteiger partial charge in [0, 0.05) is 0 Å². The molecule has 0 aliphatic rings. The van der Waals surface area contributed by atoms with E-state index in [1.54, 1.807) is 71.9 Å². The van der Waals surface area contributed by atoms with Crippen LogP contribution in [0.1, 0.15) is 47.1 Å². The second kappa shape index (κ2) is 10.5. The van der Waals surface area contributed by atoms with Crippen LogP contribution in [0, 0.1) is 0 Å². The molecule has 12 nitrogen and oxygen atoms in total. The molecule has 0 saturated carbocycles. The molecule has 0 N–H and O–H groups in total. The van der Waals surface area contributed by atoms with Crippen molar-refractivity contribution in [2.75, 3.05) is 0 Å². The van der Waals surface area contributed by atoms with Gasteiger partial charge in [0.2, 0.25) is 9.84 Å². The number of carbonyl (C=O) groups excluding carboxylic acids is 2. The Balaban J connectivity index is 1.92. The minimum atomic E-state index is -4.06. The van der Waals surface area contributed by atoms with Crippen LogP contribution < -0.4 is 9.47 Å². The fraction of sp³-hybridized carbons (Fsp3) is 0.375. The number of hydrogen-bond acceptors (Lipinski definition) is 11. The van der Waals surface area contributed by atoms with Crippen LogP contribution in [-0.4, -0.2) is 52.1 Å². The lowest BCUT2D eigenvalue weighted by Gasteiger charge is -2.21. The number of ether oxygens (including phenoxy) is 4. The topological polar surface area (TPSA) is 149 Å². The number of sulfone groups is 1. The number of para-hydroxylation sites is 1. The van der Waals surface area contributed by atoms with Crippen molar-refractivity contribution in [3.05, 3.63) is 54.1 Å². The van der Waals surface area contributed by atoms with Crippen LogP contribution in [0.5, 0.6) is 11.5 Å².